The Bertz CT molecular complexity index is 1440. The van der Waals surface area contributed by atoms with Crippen LogP contribution in [-0.4, -0.2) is 49.0 Å². The van der Waals surface area contributed by atoms with Gasteiger partial charge in [0.2, 0.25) is 5.95 Å². The van der Waals surface area contributed by atoms with Gasteiger partial charge in [-0.15, -0.1) is 0 Å². The van der Waals surface area contributed by atoms with Gasteiger partial charge in [-0.3, -0.25) is 4.90 Å². The highest BCUT2D eigenvalue weighted by Gasteiger charge is 2.19. The number of rotatable bonds is 6. The number of anilines is 2. The molecule has 1 fully saturated rings. The molecule has 36 heavy (non-hydrogen) atoms. The van der Waals surface area contributed by atoms with Crippen molar-refractivity contribution in [2.75, 3.05) is 25.0 Å². The second kappa shape index (κ2) is 9.73. The van der Waals surface area contributed by atoms with Crippen LogP contribution in [0.1, 0.15) is 44.6 Å². The van der Waals surface area contributed by atoms with Gasteiger partial charge < -0.3 is 9.88 Å². The Kier molecular flexibility index (Phi) is 6.49. The summed E-state index contributed by atoms with van der Waals surface area (Å²) in [7, 11) is 0. The smallest absolute Gasteiger partial charge is 0.229 e. The van der Waals surface area contributed by atoms with Gasteiger partial charge in [0, 0.05) is 30.9 Å². The largest absolute Gasteiger partial charge is 0.326 e. The molecule has 0 atom stereocenters. The highest BCUT2D eigenvalue weighted by molar-refractivity contribution is 5.83. The van der Waals surface area contributed by atoms with Crippen molar-refractivity contribution >= 4 is 28.9 Å². The molecule has 0 bridgehead atoms. The van der Waals surface area contributed by atoms with E-state index in [1.54, 1.807) is 12.3 Å². The number of hydrogen-bond donors (Lipinski definition) is 1. The van der Waals surface area contributed by atoms with E-state index in [9.17, 15) is 8.78 Å². The molecule has 4 heterocycles. The summed E-state index contributed by atoms with van der Waals surface area (Å²) >= 11 is 0. The molecule has 1 aromatic carbocycles. The van der Waals surface area contributed by atoms with Crippen molar-refractivity contribution < 1.29 is 8.78 Å². The zero-order chi connectivity index (χ0) is 25.4. The maximum Gasteiger partial charge on any atom is 0.229 e. The predicted molar refractivity (Wildman–Crippen MR) is 138 cm³/mol. The third-order valence-corrected chi connectivity index (χ3v) is 6.48. The summed E-state index contributed by atoms with van der Waals surface area (Å²) in [6, 6.07) is 6.86. The highest BCUT2D eigenvalue weighted by atomic mass is 19.1. The van der Waals surface area contributed by atoms with Crippen molar-refractivity contribution in [2.45, 2.75) is 40.2 Å². The van der Waals surface area contributed by atoms with E-state index in [1.807, 2.05) is 37.5 Å². The fourth-order valence-electron chi connectivity index (χ4n) is 4.74. The van der Waals surface area contributed by atoms with Gasteiger partial charge in [-0.05, 0) is 63.6 Å². The first kappa shape index (κ1) is 24.0. The fourth-order valence-corrected chi connectivity index (χ4v) is 4.74. The lowest BCUT2D eigenvalue weighted by atomic mass is 10.1. The maximum atomic E-state index is 14.9. The summed E-state index contributed by atoms with van der Waals surface area (Å²) in [5.74, 6) is 0.245. The highest BCUT2D eigenvalue weighted by Crippen LogP contribution is 2.30. The number of nitrogens with one attached hydrogen (secondary N) is 1. The average Bonchev–Trinajstić information content (AvgIpc) is 3.45. The standard InChI is InChI=1S/C27H29F2N7/c1-5-35-9-8-19(15-35)10-18-6-7-24(30-13-18)33-27-31-14-22(29)25(34-27)20-11-21(28)26-23(12-20)36(16(2)3)17(4)32-26/h6-7,10-14,16H,5,8-9,15H2,1-4H3,(H,30,31,33,34)/b19-10-. The van der Waals surface area contributed by atoms with Crippen molar-refractivity contribution in [3.05, 3.63) is 65.3 Å². The van der Waals surface area contributed by atoms with Gasteiger partial charge in [-0.2, -0.15) is 0 Å². The number of likely N-dealkylation sites (tertiary alicyclic amines) is 1. The van der Waals surface area contributed by atoms with Crippen LogP contribution in [0.2, 0.25) is 0 Å². The second-order valence-corrected chi connectivity index (χ2v) is 9.36. The van der Waals surface area contributed by atoms with E-state index in [1.165, 1.54) is 11.6 Å². The molecule has 1 aliphatic rings. The Hall–Kier alpha value is -3.72. The summed E-state index contributed by atoms with van der Waals surface area (Å²) in [5, 5.41) is 3.02. The molecular weight excluding hydrogens is 460 g/mol. The van der Waals surface area contributed by atoms with Gasteiger partial charge in [0.15, 0.2) is 11.6 Å². The molecule has 0 unspecified atom stereocenters. The average molecular weight is 490 g/mol. The third-order valence-electron chi connectivity index (χ3n) is 6.48. The summed E-state index contributed by atoms with van der Waals surface area (Å²) in [5.41, 5.74) is 3.60. The number of aromatic nitrogens is 5. The van der Waals surface area contributed by atoms with Gasteiger partial charge in [-0.25, -0.2) is 28.7 Å². The van der Waals surface area contributed by atoms with Crippen LogP contribution < -0.4 is 5.32 Å². The fraction of sp³-hybridized carbons (Fsp3) is 0.333. The molecule has 0 saturated carbocycles. The number of fused-ring (bicyclic) bond motifs is 1. The summed E-state index contributed by atoms with van der Waals surface area (Å²) < 4.78 is 31.6. The zero-order valence-electron chi connectivity index (χ0n) is 20.9. The molecule has 0 amide bonds. The Balaban J connectivity index is 1.41. The molecule has 186 valence electrons. The molecule has 5 rings (SSSR count). The summed E-state index contributed by atoms with van der Waals surface area (Å²) in [4.78, 5) is 19.6. The molecule has 1 N–H and O–H groups in total. The van der Waals surface area contributed by atoms with Crippen LogP contribution in [0.3, 0.4) is 0 Å². The summed E-state index contributed by atoms with van der Waals surface area (Å²) in [6.07, 6.45) is 6.11. The van der Waals surface area contributed by atoms with Gasteiger partial charge in [0.25, 0.3) is 0 Å². The predicted octanol–water partition coefficient (Wildman–Crippen LogP) is 5.91. The molecule has 9 heteroatoms. The Morgan fingerprint density at radius 3 is 2.61 bits per heavy atom. The molecule has 3 aromatic heterocycles. The zero-order valence-corrected chi connectivity index (χ0v) is 20.9. The number of pyridine rings is 1. The van der Waals surface area contributed by atoms with Crippen LogP contribution in [0.25, 0.3) is 28.4 Å². The van der Waals surface area contributed by atoms with Crippen LogP contribution in [0.15, 0.2) is 42.2 Å². The summed E-state index contributed by atoms with van der Waals surface area (Å²) in [6.45, 7) is 11.1. The van der Waals surface area contributed by atoms with Gasteiger partial charge >= 0.3 is 0 Å². The number of likely N-dealkylation sites (N-methyl/N-ethyl adjacent to an activating group) is 1. The molecule has 1 saturated heterocycles. The number of nitrogens with zero attached hydrogens (tertiary/aromatic N) is 6. The van der Waals surface area contributed by atoms with E-state index in [2.05, 4.69) is 43.2 Å². The SMILES string of the molecule is CCN1CC/C(=C/c2ccc(Nc3ncc(F)c(-c4cc(F)c5nc(C)n(C(C)C)c5c4)n3)nc2)C1. The Morgan fingerprint density at radius 1 is 1.08 bits per heavy atom. The van der Waals surface area contributed by atoms with Crippen LogP contribution >= 0.6 is 0 Å². The van der Waals surface area contributed by atoms with Crippen molar-refractivity contribution in [3.8, 4) is 11.3 Å². The lowest BCUT2D eigenvalue weighted by Gasteiger charge is -2.12. The Labute approximate surface area is 208 Å². The quantitative estimate of drug-likeness (QED) is 0.363. The third kappa shape index (κ3) is 4.70. The second-order valence-electron chi connectivity index (χ2n) is 9.36. The van der Waals surface area contributed by atoms with E-state index < -0.39 is 11.6 Å². The van der Waals surface area contributed by atoms with Crippen LogP contribution in [0, 0.1) is 18.6 Å². The van der Waals surface area contributed by atoms with Gasteiger partial charge in [-0.1, -0.05) is 18.6 Å². The number of aryl methyl sites for hydroxylation is 1. The molecule has 0 aliphatic carbocycles. The lowest BCUT2D eigenvalue weighted by Crippen LogP contribution is -2.17. The van der Waals surface area contributed by atoms with Crippen molar-refractivity contribution in [3.63, 3.8) is 0 Å². The van der Waals surface area contributed by atoms with Crippen LogP contribution in [0.5, 0.6) is 0 Å². The first-order valence-corrected chi connectivity index (χ1v) is 12.2. The van der Waals surface area contributed by atoms with E-state index in [4.69, 9.17) is 0 Å². The number of benzene rings is 1. The number of hydrogen-bond acceptors (Lipinski definition) is 6. The first-order chi connectivity index (χ1) is 17.3. The van der Waals surface area contributed by atoms with Crippen LogP contribution in [0.4, 0.5) is 20.5 Å². The molecule has 0 spiro atoms. The van der Waals surface area contributed by atoms with Gasteiger partial charge in [0.1, 0.15) is 22.9 Å². The Morgan fingerprint density at radius 2 is 1.92 bits per heavy atom. The van der Waals surface area contributed by atoms with Crippen LogP contribution in [-0.2, 0) is 0 Å². The minimum absolute atomic E-state index is 0.00512. The molecule has 4 aromatic rings. The molecule has 7 nitrogen and oxygen atoms in total. The van der Waals surface area contributed by atoms with Crippen molar-refractivity contribution in [2.24, 2.45) is 0 Å². The molecule has 1 aliphatic heterocycles. The van der Waals surface area contributed by atoms with Crippen molar-refractivity contribution in [1.29, 1.82) is 0 Å². The normalized spacial score (nSPS) is 15.5. The topological polar surface area (TPSA) is 71.8 Å². The first-order valence-electron chi connectivity index (χ1n) is 12.2. The lowest BCUT2D eigenvalue weighted by molar-refractivity contribution is 0.365. The minimum atomic E-state index is -0.640. The molecule has 0 radical (unpaired) electrons. The van der Waals surface area contributed by atoms with Gasteiger partial charge in [0.05, 0.1) is 11.7 Å². The van der Waals surface area contributed by atoms with E-state index in [-0.39, 0.29) is 23.2 Å². The van der Waals surface area contributed by atoms with E-state index >= 15 is 0 Å². The number of imidazole rings is 1. The van der Waals surface area contributed by atoms with Crippen molar-refractivity contribution in [1.82, 2.24) is 29.4 Å². The van der Waals surface area contributed by atoms with E-state index in [0.29, 0.717) is 22.7 Å². The number of halogens is 2. The maximum absolute atomic E-state index is 14.9. The minimum Gasteiger partial charge on any atom is -0.326 e. The monoisotopic (exact) mass is 489 g/mol. The van der Waals surface area contributed by atoms with E-state index in [0.717, 1.165) is 37.8 Å². The molecular formula is C27H29F2N7.